The number of benzene rings is 2. The number of rotatable bonds is 5. The van der Waals surface area contributed by atoms with Crippen molar-refractivity contribution in [2.45, 2.75) is 25.5 Å². The molecule has 0 aliphatic heterocycles. The van der Waals surface area contributed by atoms with Crippen molar-refractivity contribution in [2.24, 2.45) is 0 Å². The Morgan fingerprint density at radius 1 is 1.20 bits per heavy atom. The molecule has 0 saturated heterocycles. The Balaban J connectivity index is 2.20. The second-order valence-electron chi connectivity index (χ2n) is 6.25. The summed E-state index contributed by atoms with van der Waals surface area (Å²) >= 11 is -2.15. The van der Waals surface area contributed by atoms with Gasteiger partial charge in [0.05, 0.1) is 5.52 Å². The van der Waals surface area contributed by atoms with Crippen molar-refractivity contribution >= 4 is 28.0 Å². The van der Waals surface area contributed by atoms with E-state index >= 15 is 0 Å². The monoisotopic (exact) mass is 356 g/mol. The summed E-state index contributed by atoms with van der Waals surface area (Å²) in [5.41, 5.74) is 4.06. The largest absolute Gasteiger partial charge is 0.772 e. The molecular formula is C19H18NO4S-. The molecule has 2 aromatic carbocycles. The second-order valence-corrected chi connectivity index (χ2v) is 7.15. The summed E-state index contributed by atoms with van der Waals surface area (Å²) in [4.78, 5) is 14.8. The summed E-state index contributed by atoms with van der Waals surface area (Å²) in [6.45, 7) is 4.13. The second kappa shape index (κ2) is 6.82. The van der Waals surface area contributed by atoms with E-state index in [2.05, 4.69) is 18.8 Å². The fraction of sp³-hybridized carbons (Fsp3) is 0.211. The van der Waals surface area contributed by atoms with Crippen LogP contribution in [-0.2, 0) is 16.8 Å². The fourth-order valence-corrected chi connectivity index (χ4v) is 3.55. The van der Waals surface area contributed by atoms with E-state index in [1.807, 2.05) is 18.2 Å². The fourth-order valence-electron chi connectivity index (χ4n) is 3.09. The van der Waals surface area contributed by atoms with Gasteiger partial charge in [0.25, 0.3) is 0 Å². The maximum absolute atomic E-state index is 11.7. The number of H-pyrrole nitrogens is 1. The van der Waals surface area contributed by atoms with Crippen LogP contribution in [0.15, 0.2) is 42.5 Å². The Morgan fingerprint density at radius 3 is 2.44 bits per heavy atom. The van der Waals surface area contributed by atoms with Gasteiger partial charge in [-0.05, 0) is 22.6 Å². The van der Waals surface area contributed by atoms with Gasteiger partial charge in [0.2, 0.25) is 0 Å². The van der Waals surface area contributed by atoms with Crippen molar-refractivity contribution in [3.05, 3.63) is 59.3 Å². The summed E-state index contributed by atoms with van der Waals surface area (Å²) in [6, 6.07) is 12.8. The summed E-state index contributed by atoms with van der Waals surface area (Å²) in [7, 11) is 0. The first kappa shape index (κ1) is 17.4. The minimum Gasteiger partial charge on any atom is -0.772 e. The Bertz CT molecular complexity index is 957. The van der Waals surface area contributed by atoms with Crippen LogP contribution in [0, 0.1) is 0 Å². The quantitative estimate of drug-likeness (QED) is 0.675. The van der Waals surface area contributed by atoms with Crippen molar-refractivity contribution in [1.82, 2.24) is 4.98 Å². The van der Waals surface area contributed by atoms with Crippen LogP contribution in [-0.4, -0.2) is 24.8 Å². The minimum absolute atomic E-state index is 0.0581. The number of nitrogens with one attached hydrogen (secondary N) is 1. The number of para-hydroxylation sites is 1. The van der Waals surface area contributed by atoms with Gasteiger partial charge in [-0.15, -0.1) is 0 Å². The number of fused-ring (bicyclic) bond motifs is 1. The van der Waals surface area contributed by atoms with Gasteiger partial charge in [0, 0.05) is 16.7 Å². The zero-order chi connectivity index (χ0) is 18.1. The number of hydrogen-bond donors (Lipinski definition) is 2. The lowest BCUT2D eigenvalue weighted by atomic mass is 9.96. The Kier molecular flexibility index (Phi) is 4.74. The van der Waals surface area contributed by atoms with E-state index in [-0.39, 0.29) is 17.4 Å². The van der Waals surface area contributed by atoms with Gasteiger partial charge in [-0.1, -0.05) is 67.4 Å². The van der Waals surface area contributed by atoms with Crippen molar-refractivity contribution in [3.63, 3.8) is 0 Å². The van der Waals surface area contributed by atoms with E-state index in [9.17, 15) is 18.7 Å². The Morgan fingerprint density at radius 2 is 1.88 bits per heavy atom. The van der Waals surface area contributed by atoms with Crippen LogP contribution in [0.25, 0.3) is 22.0 Å². The molecule has 2 N–H and O–H groups in total. The lowest BCUT2D eigenvalue weighted by Crippen LogP contribution is -1.99. The molecule has 0 aliphatic carbocycles. The van der Waals surface area contributed by atoms with E-state index in [4.69, 9.17) is 0 Å². The molecule has 0 aliphatic rings. The van der Waals surface area contributed by atoms with Crippen LogP contribution < -0.4 is 0 Å². The first-order chi connectivity index (χ1) is 11.9. The van der Waals surface area contributed by atoms with Gasteiger partial charge in [-0.3, -0.25) is 4.21 Å². The van der Waals surface area contributed by atoms with Crippen LogP contribution >= 0.6 is 0 Å². The van der Waals surface area contributed by atoms with Crippen LogP contribution in [0.2, 0.25) is 0 Å². The molecule has 1 atom stereocenters. The van der Waals surface area contributed by atoms with Crippen LogP contribution in [0.5, 0.6) is 0 Å². The predicted molar refractivity (Wildman–Crippen MR) is 97.4 cm³/mol. The third-order valence-corrected chi connectivity index (χ3v) is 4.80. The summed E-state index contributed by atoms with van der Waals surface area (Å²) in [5, 5.41) is 10.5. The molecule has 1 aromatic heterocycles. The molecule has 6 heteroatoms. The summed E-state index contributed by atoms with van der Waals surface area (Å²) < 4.78 is 21.6. The van der Waals surface area contributed by atoms with E-state index in [0.29, 0.717) is 11.1 Å². The molecule has 3 aromatic rings. The van der Waals surface area contributed by atoms with Crippen LogP contribution in [0.4, 0.5) is 0 Å². The number of carboxylic acid groups (broad SMARTS) is 1. The van der Waals surface area contributed by atoms with Crippen molar-refractivity contribution in [3.8, 4) is 11.1 Å². The van der Waals surface area contributed by atoms with Crippen molar-refractivity contribution in [2.75, 3.05) is 0 Å². The minimum atomic E-state index is -2.15. The molecule has 1 heterocycles. The SMILES string of the molecule is CC(C)c1cccc2c(-c3ccc(CS(=O)[O-])cc3)c(C(=O)O)[nH]c12. The molecule has 0 amide bonds. The van der Waals surface area contributed by atoms with Crippen molar-refractivity contribution < 1.29 is 18.7 Å². The molecule has 0 bridgehead atoms. The molecule has 3 rings (SSSR count). The number of carboxylic acids is 1. The molecule has 0 spiro atoms. The van der Waals surface area contributed by atoms with E-state index < -0.39 is 17.0 Å². The predicted octanol–water partition coefficient (Wildman–Crippen LogP) is 4.04. The number of carbonyl (C=O) groups is 1. The van der Waals surface area contributed by atoms with Crippen molar-refractivity contribution in [1.29, 1.82) is 0 Å². The molecule has 0 fully saturated rings. The number of aromatic nitrogens is 1. The molecule has 130 valence electrons. The van der Waals surface area contributed by atoms with E-state index in [1.165, 1.54) is 0 Å². The first-order valence-electron chi connectivity index (χ1n) is 7.91. The highest BCUT2D eigenvalue weighted by atomic mass is 32.2. The van der Waals surface area contributed by atoms with Gasteiger partial charge in [0.15, 0.2) is 0 Å². The van der Waals surface area contributed by atoms with Gasteiger partial charge < -0.3 is 14.6 Å². The molecule has 0 saturated carbocycles. The zero-order valence-corrected chi connectivity index (χ0v) is 14.7. The smallest absolute Gasteiger partial charge is 0.352 e. The van der Waals surface area contributed by atoms with Crippen LogP contribution in [0.3, 0.4) is 0 Å². The molecule has 1 unspecified atom stereocenters. The third kappa shape index (κ3) is 3.36. The van der Waals surface area contributed by atoms with Gasteiger partial charge >= 0.3 is 5.97 Å². The normalized spacial score (nSPS) is 12.6. The van der Waals surface area contributed by atoms with E-state index in [1.54, 1.807) is 24.3 Å². The Labute approximate surface area is 148 Å². The zero-order valence-electron chi connectivity index (χ0n) is 13.9. The summed E-state index contributed by atoms with van der Waals surface area (Å²) in [5.74, 6) is -0.825. The molecule has 25 heavy (non-hydrogen) atoms. The average molecular weight is 356 g/mol. The van der Waals surface area contributed by atoms with Gasteiger partial charge in [-0.2, -0.15) is 0 Å². The first-order valence-corrected chi connectivity index (χ1v) is 9.16. The average Bonchev–Trinajstić information content (AvgIpc) is 2.94. The molecule has 5 nitrogen and oxygen atoms in total. The number of aromatic amines is 1. The molecular weight excluding hydrogens is 338 g/mol. The van der Waals surface area contributed by atoms with Gasteiger partial charge in [0.1, 0.15) is 5.69 Å². The summed E-state index contributed by atoms with van der Waals surface area (Å²) in [6.07, 6.45) is 0. The van der Waals surface area contributed by atoms with Gasteiger partial charge in [-0.25, -0.2) is 4.79 Å². The maximum atomic E-state index is 11.7. The lowest BCUT2D eigenvalue weighted by molar-refractivity contribution is 0.0692. The topological polar surface area (TPSA) is 93.2 Å². The van der Waals surface area contributed by atoms with E-state index in [0.717, 1.165) is 22.0 Å². The number of hydrogen-bond acceptors (Lipinski definition) is 3. The highest BCUT2D eigenvalue weighted by molar-refractivity contribution is 7.78. The highest BCUT2D eigenvalue weighted by Crippen LogP contribution is 2.36. The number of aromatic carboxylic acids is 1. The Hall–Kier alpha value is -2.44. The maximum Gasteiger partial charge on any atom is 0.352 e. The standard InChI is InChI=1S/C19H19NO4S/c1-11(2)14-4-3-5-15-16(18(19(21)22)20-17(14)15)13-8-6-12(7-9-13)10-25(23)24/h3-9,11,20H,10H2,1-2H3,(H,21,22)(H,23,24)/p-1. The van der Waals surface area contributed by atoms with Crippen LogP contribution in [0.1, 0.15) is 41.4 Å². The third-order valence-electron chi connectivity index (χ3n) is 4.23. The lowest BCUT2D eigenvalue weighted by Gasteiger charge is -2.08. The highest BCUT2D eigenvalue weighted by Gasteiger charge is 2.20. The molecule has 0 radical (unpaired) electrons.